The molecule has 3 rings (SSSR count). The summed E-state index contributed by atoms with van der Waals surface area (Å²) in [6, 6.07) is 0. The van der Waals surface area contributed by atoms with Crippen molar-refractivity contribution < 1.29 is 14.7 Å². The zero-order valence-electron chi connectivity index (χ0n) is 18.8. The predicted octanol–water partition coefficient (Wildman–Crippen LogP) is 5.16. The van der Waals surface area contributed by atoms with Gasteiger partial charge in [0.2, 0.25) is 0 Å². The molecule has 4 unspecified atom stereocenters. The van der Waals surface area contributed by atoms with Crippen molar-refractivity contribution in [3.63, 3.8) is 0 Å². The van der Waals surface area contributed by atoms with Crippen molar-refractivity contribution in [3.05, 3.63) is 37.0 Å². The van der Waals surface area contributed by atoms with E-state index in [1.54, 1.807) is 12.2 Å². The minimum atomic E-state index is -0.440. The number of hydrogen-bond acceptors (Lipinski definition) is 3. The second-order valence-corrected chi connectivity index (χ2v) is 9.02. The highest BCUT2D eigenvalue weighted by atomic mass is 16.3. The molecule has 3 nitrogen and oxygen atoms in total. The molecule has 3 aliphatic carbocycles. The van der Waals surface area contributed by atoms with E-state index in [1.807, 2.05) is 19.9 Å². The number of aliphatic hydroxyl groups excluding tert-OH is 1. The van der Waals surface area contributed by atoms with Gasteiger partial charge in [-0.2, -0.15) is 0 Å². The van der Waals surface area contributed by atoms with Crippen LogP contribution in [0, 0.1) is 47.3 Å². The van der Waals surface area contributed by atoms with Crippen molar-refractivity contribution >= 4 is 11.6 Å². The molecule has 0 bridgehead atoms. The molecule has 2 saturated carbocycles. The Morgan fingerprint density at radius 1 is 1.34 bits per heavy atom. The quantitative estimate of drug-likeness (QED) is 0.528. The first kappa shape index (κ1) is 25.1. The average molecular weight is 399 g/mol. The van der Waals surface area contributed by atoms with E-state index >= 15 is 0 Å². The molecule has 3 heteroatoms. The maximum absolute atomic E-state index is 12.4. The Hall–Kier alpha value is -1.92. The molecular weight excluding hydrogens is 360 g/mol. The summed E-state index contributed by atoms with van der Waals surface area (Å²) < 4.78 is 0. The van der Waals surface area contributed by atoms with Gasteiger partial charge < -0.3 is 5.11 Å². The molecule has 7 atom stereocenters. The van der Waals surface area contributed by atoms with E-state index in [9.17, 15) is 14.7 Å². The van der Waals surface area contributed by atoms with Crippen molar-refractivity contribution in [3.8, 4) is 12.8 Å². The molecule has 0 saturated heterocycles. The highest BCUT2D eigenvalue weighted by Crippen LogP contribution is 2.61. The molecule has 0 aromatic rings. The lowest BCUT2D eigenvalue weighted by Gasteiger charge is -2.60. The van der Waals surface area contributed by atoms with E-state index in [4.69, 9.17) is 0 Å². The molecular formula is C26H38O3. The summed E-state index contributed by atoms with van der Waals surface area (Å²) in [7, 11) is 0. The fraction of sp³-hybridized carbons (Fsp3) is 0.615. The summed E-state index contributed by atoms with van der Waals surface area (Å²) in [6.07, 6.45) is 16.2. The monoisotopic (exact) mass is 398 g/mol. The zero-order chi connectivity index (χ0) is 22.6. The van der Waals surface area contributed by atoms with Crippen molar-refractivity contribution in [2.75, 3.05) is 0 Å². The molecule has 0 aromatic carbocycles. The van der Waals surface area contributed by atoms with Crippen LogP contribution >= 0.6 is 0 Å². The van der Waals surface area contributed by atoms with Crippen LogP contribution in [-0.2, 0) is 9.59 Å². The van der Waals surface area contributed by atoms with E-state index in [0.717, 1.165) is 12.8 Å². The van der Waals surface area contributed by atoms with E-state index in [1.165, 1.54) is 5.57 Å². The maximum Gasteiger partial charge on any atom is 0.178 e. The van der Waals surface area contributed by atoms with Crippen molar-refractivity contribution in [2.45, 2.75) is 66.4 Å². The average Bonchev–Trinajstić information content (AvgIpc) is 2.73. The number of Topliss-reactive ketones (excluding diaryl/α,β-unsaturated/α-hetero) is 1. The van der Waals surface area contributed by atoms with Crippen molar-refractivity contribution in [1.82, 2.24) is 0 Å². The third kappa shape index (κ3) is 4.19. The summed E-state index contributed by atoms with van der Waals surface area (Å²) in [5.41, 5.74) is 0.775. The Bertz CT molecular complexity index is 700. The van der Waals surface area contributed by atoms with Crippen molar-refractivity contribution in [1.29, 1.82) is 0 Å². The molecule has 1 N–H and O–H groups in total. The summed E-state index contributed by atoms with van der Waals surface area (Å²) >= 11 is 0. The molecule has 2 fully saturated rings. The largest absolute Gasteiger partial charge is 0.393 e. The highest BCUT2D eigenvalue weighted by Gasteiger charge is 2.58. The Morgan fingerprint density at radius 3 is 2.48 bits per heavy atom. The first-order valence-electron chi connectivity index (χ1n) is 10.6. The minimum Gasteiger partial charge on any atom is -0.393 e. The number of allylic oxidation sites excluding steroid dienone is 4. The normalized spacial score (nSPS) is 38.6. The predicted molar refractivity (Wildman–Crippen MR) is 120 cm³/mol. The van der Waals surface area contributed by atoms with Crippen LogP contribution in [0.5, 0.6) is 0 Å². The Kier molecular flexibility index (Phi) is 8.42. The molecule has 3 aliphatic rings. The van der Waals surface area contributed by atoms with E-state index in [0.29, 0.717) is 30.5 Å². The van der Waals surface area contributed by atoms with Gasteiger partial charge in [0.15, 0.2) is 5.78 Å². The number of aliphatic hydroxyl groups is 1. The lowest BCUT2D eigenvalue weighted by Crippen LogP contribution is -2.57. The number of fused-ring (bicyclic) bond motifs is 3. The first-order valence-corrected chi connectivity index (χ1v) is 10.6. The molecule has 29 heavy (non-hydrogen) atoms. The second kappa shape index (κ2) is 9.72. The number of ketones is 2. The van der Waals surface area contributed by atoms with Gasteiger partial charge in [-0.3, -0.25) is 9.59 Å². The van der Waals surface area contributed by atoms with Gasteiger partial charge in [-0.1, -0.05) is 46.3 Å². The molecule has 0 amide bonds. The third-order valence-corrected chi connectivity index (χ3v) is 8.07. The van der Waals surface area contributed by atoms with Crippen LogP contribution in [-0.4, -0.2) is 22.8 Å². The topological polar surface area (TPSA) is 54.4 Å². The second-order valence-electron chi connectivity index (χ2n) is 9.02. The van der Waals surface area contributed by atoms with Crippen LogP contribution in [0.2, 0.25) is 0 Å². The number of carbonyl (C=O) groups excluding carboxylic acids is 2. The van der Waals surface area contributed by atoms with Gasteiger partial charge in [0.25, 0.3) is 0 Å². The summed E-state index contributed by atoms with van der Waals surface area (Å²) in [4.78, 5) is 24.2. The smallest absolute Gasteiger partial charge is 0.178 e. The lowest BCUT2D eigenvalue weighted by atomic mass is 9.45. The Morgan fingerprint density at radius 2 is 1.93 bits per heavy atom. The molecule has 0 spiro atoms. The minimum absolute atomic E-state index is 0.0312. The molecule has 0 aliphatic heterocycles. The van der Waals surface area contributed by atoms with E-state index in [-0.39, 0.29) is 28.4 Å². The molecule has 160 valence electrons. The van der Waals surface area contributed by atoms with Gasteiger partial charge in [-0.15, -0.1) is 26.0 Å². The summed E-state index contributed by atoms with van der Waals surface area (Å²) in [5, 5.41) is 11.2. The van der Waals surface area contributed by atoms with Gasteiger partial charge in [-0.25, -0.2) is 0 Å². The van der Waals surface area contributed by atoms with Crippen LogP contribution in [0.3, 0.4) is 0 Å². The fourth-order valence-corrected chi connectivity index (χ4v) is 6.09. The number of terminal acetylenes is 1. The highest BCUT2D eigenvalue weighted by molar-refractivity contribution is 6.01. The van der Waals surface area contributed by atoms with Gasteiger partial charge in [0.1, 0.15) is 5.78 Å². The van der Waals surface area contributed by atoms with Gasteiger partial charge in [0, 0.05) is 23.7 Å². The standard InChI is InChI=1S/C22H32O3.C2H4.C2H2/c1-6-18(24)14(3)22(5)12-19(25)20-17(13(22)2)8-7-15-11-16(23)9-10-21(15,20)4;2*1-2/h9-11,13-14,17,19-20,25H,6-8,12H2,1-5H3;1-2H2;1-2H/t13?,14?,17-,19?,20?,21-,22-;;/m0../s1. The number of carbonyl (C=O) groups is 2. The van der Waals surface area contributed by atoms with Gasteiger partial charge >= 0.3 is 0 Å². The van der Waals surface area contributed by atoms with Crippen LogP contribution in [0.4, 0.5) is 0 Å². The van der Waals surface area contributed by atoms with E-state index in [2.05, 4.69) is 46.8 Å². The number of hydrogen-bond donors (Lipinski definition) is 1. The van der Waals surface area contributed by atoms with Crippen LogP contribution in [0.1, 0.15) is 60.3 Å². The zero-order valence-corrected chi connectivity index (χ0v) is 18.8. The lowest BCUT2D eigenvalue weighted by molar-refractivity contribution is -0.146. The van der Waals surface area contributed by atoms with Crippen LogP contribution in [0.15, 0.2) is 37.0 Å². The summed E-state index contributed by atoms with van der Waals surface area (Å²) in [6.45, 7) is 16.6. The van der Waals surface area contributed by atoms with Crippen LogP contribution < -0.4 is 0 Å². The fourth-order valence-electron chi connectivity index (χ4n) is 6.09. The molecule has 0 heterocycles. The first-order chi connectivity index (χ1) is 13.6. The van der Waals surface area contributed by atoms with Gasteiger partial charge in [-0.05, 0) is 48.7 Å². The van der Waals surface area contributed by atoms with E-state index < -0.39 is 6.10 Å². The Balaban J connectivity index is 0.000000989. The molecule has 0 aromatic heterocycles. The molecule has 0 radical (unpaired) electrons. The number of rotatable bonds is 3. The van der Waals surface area contributed by atoms with Crippen molar-refractivity contribution in [2.24, 2.45) is 34.5 Å². The SMILES string of the molecule is C#C.C=C.CCC(=O)C(C)[C@@]1(C)CC(O)C2[C@@H](CCC3=CC(=O)C=C[C@@]32C)C1C. The third-order valence-electron chi connectivity index (χ3n) is 8.07. The maximum atomic E-state index is 12.4. The van der Waals surface area contributed by atoms with Gasteiger partial charge in [0.05, 0.1) is 6.10 Å². The van der Waals surface area contributed by atoms with Crippen LogP contribution in [0.25, 0.3) is 0 Å². The summed E-state index contributed by atoms with van der Waals surface area (Å²) in [5.74, 6) is 1.21. The Labute approximate surface area is 177 Å².